The largest absolute Gasteiger partial charge is 0.497 e. The molecule has 0 bridgehead atoms. The molecule has 8 nitrogen and oxygen atoms in total. The number of hydrogen-bond donors (Lipinski definition) is 4. The number of amides is 1. The number of benzene rings is 4. The Kier molecular flexibility index (Phi) is 11.3. The van der Waals surface area contributed by atoms with Crippen LogP contribution in [0.4, 0.5) is 13.2 Å². The molecule has 0 spiro atoms. The van der Waals surface area contributed by atoms with Crippen molar-refractivity contribution in [2.75, 3.05) is 13.7 Å². The quantitative estimate of drug-likeness (QED) is 0.159. The van der Waals surface area contributed by atoms with Crippen LogP contribution in [-0.4, -0.2) is 45.2 Å². The summed E-state index contributed by atoms with van der Waals surface area (Å²) in [7, 11) is -2.46. The summed E-state index contributed by atoms with van der Waals surface area (Å²) in [5.74, 6) is -0.0128. The van der Waals surface area contributed by atoms with Crippen molar-refractivity contribution in [3.8, 4) is 5.75 Å². The number of aliphatic hydroxyl groups is 1. The highest BCUT2D eigenvalue weighted by molar-refractivity contribution is 7.89. The minimum Gasteiger partial charge on any atom is -0.497 e. The zero-order chi connectivity index (χ0) is 32.5. The second-order valence-corrected chi connectivity index (χ2v) is 12.1. The fourth-order valence-electron chi connectivity index (χ4n) is 4.62. The van der Waals surface area contributed by atoms with Gasteiger partial charge in [0.1, 0.15) is 5.75 Å². The average Bonchev–Trinajstić information content (AvgIpc) is 3.04. The van der Waals surface area contributed by atoms with Crippen LogP contribution in [0.5, 0.6) is 5.75 Å². The number of sulfonamides is 1. The molecule has 0 unspecified atom stereocenters. The van der Waals surface area contributed by atoms with Crippen LogP contribution in [0.3, 0.4) is 0 Å². The van der Waals surface area contributed by atoms with Crippen LogP contribution in [0.15, 0.2) is 108 Å². The van der Waals surface area contributed by atoms with Crippen molar-refractivity contribution in [2.45, 2.75) is 42.7 Å². The fourth-order valence-corrected chi connectivity index (χ4v) is 5.68. The number of carbonyl (C=O) groups is 1. The van der Waals surface area contributed by atoms with Crippen molar-refractivity contribution in [2.24, 2.45) is 0 Å². The number of aliphatic hydroxyl groups excluding tert-OH is 1. The second-order valence-electron chi connectivity index (χ2n) is 10.4. The minimum absolute atomic E-state index is 0.00873. The summed E-state index contributed by atoms with van der Waals surface area (Å²) in [6.07, 6.45) is -5.35. The van der Waals surface area contributed by atoms with Gasteiger partial charge in [-0.3, -0.25) is 4.79 Å². The van der Waals surface area contributed by atoms with Crippen LogP contribution < -0.4 is 20.1 Å². The number of nitrogens with one attached hydrogen (secondary N) is 3. The molecular weight excluding hydrogens is 607 g/mol. The summed E-state index contributed by atoms with van der Waals surface area (Å²) in [6, 6.07) is 25.7. The summed E-state index contributed by atoms with van der Waals surface area (Å²) in [4.78, 5) is 13.2. The van der Waals surface area contributed by atoms with Gasteiger partial charge in [0.05, 0.1) is 29.7 Å². The monoisotopic (exact) mass is 641 g/mol. The Morgan fingerprint density at radius 1 is 0.844 bits per heavy atom. The summed E-state index contributed by atoms with van der Waals surface area (Å²) < 4.78 is 73.0. The first-order chi connectivity index (χ1) is 21.4. The SMILES string of the molecule is COc1cccc(CNS(=O)(=O)c2cccc(C(=O)N[C@@H](Cc3ccccc3)[C@@H](O)CNCc3cccc(C(F)(F)F)c3)c2)c1. The maximum atomic E-state index is 13.3. The molecule has 4 N–H and O–H groups in total. The van der Waals surface area contributed by atoms with E-state index in [1.54, 1.807) is 30.3 Å². The minimum atomic E-state index is -4.47. The van der Waals surface area contributed by atoms with Crippen LogP contribution in [0.2, 0.25) is 0 Å². The van der Waals surface area contributed by atoms with Gasteiger partial charge in [-0.05, 0) is 59.5 Å². The molecule has 0 heterocycles. The zero-order valence-electron chi connectivity index (χ0n) is 24.4. The fraction of sp³-hybridized carbons (Fsp3) is 0.242. The Balaban J connectivity index is 1.44. The summed E-state index contributed by atoms with van der Waals surface area (Å²) >= 11 is 0. The van der Waals surface area contributed by atoms with E-state index in [0.29, 0.717) is 16.9 Å². The zero-order valence-corrected chi connectivity index (χ0v) is 25.2. The van der Waals surface area contributed by atoms with E-state index < -0.39 is 39.8 Å². The third-order valence-corrected chi connectivity index (χ3v) is 8.42. The lowest BCUT2D eigenvalue weighted by atomic mass is 10.0. The molecular formula is C33H34F3N3O5S. The Bertz CT molecular complexity index is 1680. The van der Waals surface area contributed by atoms with E-state index in [-0.39, 0.29) is 36.5 Å². The molecule has 0 saturated heterocycles. The number of ether oxygens (including phenoxy) is 1. The molecule has 2 atom stereocenters. The van der Waals surface area contributed by atoms with Crippen LogP contribution in [0.1, 0.15) is 32.6 Å². The lowest BCUT2D eigenvalue weighted by Gasteiger charge is -2.25. The van der Waals surface area contributed by atoms with Crippen molar-refractivity contribution in [3.63, 3.8) is 0 Å². The Labute approximate surface area is 260 Å². The molecule has 0 fully saturated rings. The lowest BCUT2D eigenvalue weighted by Crippen LogP contribution is -2.48. The molecule has 1 amide bonds. The third kappa shape index (κ3) is 9.88. The first-order valence-electron chi connectivity index (χ1n) is 14.1. The molecule has 238 valence electrons. The van der Waals surface area contributed by atoms with E-state index in [4.69, 9.17) is 4.74 Å². The molecule has 4 aromatic rings. The van der Waals surface area contributed by atoms with Gasteiger partial charge < -0.3 is 20.5 Å². The highest BCUT2D eigenvalue weighted by Crippen LogP contribution is 2.29. The number of halogens is 3. The standard InChI is InChI=1S/C33H34F3N3O5S/c1-44-28-14-6-11-25(17-28)21-38-45(42,43)29-15-7-12-26(19-29)32(41)39-30(18-23-8-3-2-4-9-23)31(40)22-37-20-24-10-5-13-27(16-24)33(34,35)36/h2-17,19,30-31,37-38,40H,18,20-22H2,1H3,(H,39,41)/t30-,31-/m0/s1. The summed E-state index contributed by atoms with van der Waals surface area (Å²) in [6.45, 7) is 0.0427. The smallest absolute Gasteiger partial charge is 0.416 e. The Morgan fingerprint density at radius 3 is 2.22 bits per heavy atom. The predicted octanol–water partition coefficient (Wildman–Crippen LogP) is 4.68. The molecule has 0 aliphatic rings. The molecule has 0 aromatic heterocycles. The van der Waals surface area contributed by atoms with Gasteiger partial charge in [0, 0.05) is 25.2 Å². The number of rotatable bonds is 14. The number of hydrogen-bond acceptors (Lipinski definition) is 6. The van der Waals surface area contributed by atoms with Gasteiger partial charge in [0.15, 0.2) is 0 Å². The van der Waals surface area contributed by atoms with Crippen molar-refractivity contribution in [3.05, 3.63) is 131 Å². The van der Waals surface area contributed by atoms with Crippen LogP contribution in [0.25, 0.3) is 0 Å². The van der Waals surface area contributed by atoms with Gasteiger partial charge in [0.2, 0.25) is 10.0 Å². The van der Waals surface area contributed by atoms with Gasteiger partial charge in [0.25, 0.3) is 5.91 Å². The van der Waals surface area contributed by atoms with E-state index in [1.807, 2.05) is 30.3 Å². The van der Waals surface area contributed by atoms with Gasteiger partial charge in [-0.15, -0.1) is 0 Å². The molecule has 12 heteroatoms. The van der Waals surface area contributed by atoms with Gasteiger partial charge in [-0.1, -0.05) is 66.7 Å². The summed E-state index contributed by atoms with van der Waals surface area (Å²) in [5.41, 5.74) is 1.21. The maximum Gasteiger partial charge on any atom is 0.416 e. The van der Waals surface area contributed by atoms with Crippen molar-refractivity contribution in [1.82, 2.24) is 15.4 Å². The number of methoxy groups -OCH3 is 1. The van der Waals surface area contributed by atoms with E-state index in [2.05, 4.69) is 15.4 Å². The van der Waals surface area contributed by atoms with E-state index in [1.165, 1.54) is 37.4 Å². The Morgan fingerprint density at radius 2 is 1.51 bits per heavy atom. The van der Waals surface area contributed by atoms with Gasteiger partial charge >= 0.3 is 6.18 Å². The molecule has 0 aliphatic carbocycles. The first kappa shape index (κ1) is 33.7. The van der Waals surface area contributed by atoms with Gasteiger partial charge in [-0.25, -0.2) is 13.1 Å². The first-order valence-corrected chi connectivity index (χ1v) is 15.6. The lowest BCUT2D eigenvalue weighted by molar-refractivity contribution is -0.137. The van der Waals surface area contributed by atoms with Gasteiger partial charge in [-0.2, -0.15) is 13.2 Å². The molecule has 0 aliphatic heterocycles. The van der Waals surface area contributed by atoms with Crippen LogP contribution in [-0.2, 0) is 35.7 Å². The highest BCUT2D eigenvalue weighted by atomic mass is 32.2. The van der Waals surface area contributed by atoms with Crippen molar-refractivity contribution < 1.29 is 36.2 Å². The second kappa shape index (κ2) is 15.2. The van der Waals surface area contributed by atoms with E-state index >= 15 is 0 Å². The maximum absolute atomic E-state index is 13.3. The highest BCUT2D eigenvalue weighted by Gasteiger charge is 2.30. The molecule has 45 heavy (non-hydrogen) atoms. The average molecular weight is 642 g/mol. The van der Waals surface area contributed by atoms with Crippen molar-refractivity contribution >= 4 is 15.9 Å². The summed E-state index contributed by atoms with van der Waals surface area (Å²) in [5, 5.41) is 16.8. The number of carbonyl (C=O) groups excluding carboxylic acids is 1. The van der Waals surface area contributed by atoms with Crippen LogP contribution in [0, 0.1) is 0 Å². The van der Waals surface area contributed by atoms with E-state index in [9.17, 15) is 31.5 Å². The molecule has 4 aromatic carbocycles. The Hall–Kier alpha value is -4.23. The van der Waals surface area contributed by atoms with E-state index in [0.717, 1.165) is 17.7 Å². The molecule has 0 saturated carbocycles. The predicted molar refractivity (Wildman–Crippen MR) is 164 cm³/mol. The van der Waals surface area contributed by atoms with Crippen molar-refractivity contribution in [1.29, 1.82) is 0 Å². The molecule has 4 rings (SSSR count). The van der Waals surface area contributed by atoms with Crippen LogP contribution >= 0.6 is 0 Å². The third-order valence-electron chi connectivity index (χ3n) is 7.02. The molecule has 0 radical (unpaired) electrons. The number of alkyl halides is 3. The normalized spacial score (nSPS) is 13.2. The topological polar surface area (TPSA) is 117 Å².